The number of aromatic nitrogens is 3. The minimum absolute atomic E-state index is 0.0516. The highest BCUT2D eigenvalue weighted by Crippen LogP contribution is 2.25. The molecule has 1 unspecified atom stereocenters. The number of aliphatic hydroxyl groups excluding tert-OH is 1. The van der Waals surface area contributed by atoms with Crippen LogP contribution >= 0.6 is 0 Å². The Bertz CT molecular complexity index is 1540. The number of fused-ring (bicyclic) bond motifs is 1. The summed E-state index contributed by atoms with van der Waals surface area (Å²) in [5, 5.41) is 20.3. The number of aliphatic hydroxyl groups is 1. The van der Waals surface area contributed by atoms with Gasteiger partial charge >= 0.3 is 0 Å². The van der Waals surface area contributed by atoms with Gasteiger partial charge in [-0.1, -0.05) is 17.7 Å². The van der Waals surface area contributed by atoms with Crippen molar-refractivity contribution in [2.45, 2.75) is 46.7 Å². The lowest BCUT2D eigenvalue weighted by molar-refractivity contribution is 0.0734. The van der Waals surface area contributed by atoms with Gasteiger partial charge in [-0.15, -0.1) is 10.2 Å². The predicted molar refractivity (Wildman–Crippen MR) is 152 cm³/mol. The summed E-state index contributed by atoms with van der Waals surface area (Å²) in [4.78, 5) is 27.7. The zero-order valence-electron chi connectivity index (χ0n) is 23.5. The van der Waals surface area contributed by atoms with Gasteiger partial charge in [0.1, 0.15) is 18.0 Å². The van der Waals surface area contributed by atoms with Crippen molar-refractivity contribution in [3.05, 3.63) is 112 Å². The van der Waals surface area contributed by atoms with Crippen LogP contribution in [-0.4, -0.2) is 49.7 Å². The van der Waals surface area contributed by atoms with Gasteiger partial charge in [0.05, 0.1) is 18.2 Å². The molecule has 1 aromatic heterocycles. The van der Waals surface area contributed by atoms with E-state index in [9.17, 15) is 19.1 Å². The van der Waals surface area contributed by atoms with Crippen LogP contribution in [0.1, 0.15) is 71.4 Å². The van der Waals surface area contributed by atoms with Crippen molar-refractivity contribution in [3.63, 3.8) is 0 Å². The third-order valence-corrected chi connectivity index (χ3v) is 6.99. The Morgan fingerprint density at radius 3 is 2.54 bits per heavy atom. The molecule has 10 heteroatoms. The molecule has 0 spiro atoms. The lowest BCUT2D eigenvalue weighted by Gasteiger charge is -2.29. The molecule has 1 atom stereocenters. The second-order valence-electron chi connectivity index (χ2n) is 10.3. The first-order chi connectivity index (χ1) is 19.6. The minimum Gasteiger partial charge on any atom is -0.394 e. The van der Waals surface area contributed by atoms with E-state index in [1.807, 2.05) is 33.8 Å². The number of benzene rings is 2. The average molecular weight is 562 g/mol. The number of carbonyl (C=O) groups excluding carboxylic acids is 2. The summed E-state index contributed by atoms with van der Waals surface area (Å²) in [6, 6.07) is 8.01. The second kappa shape index (κ2) is 12.8. The maximum atomic E-state index is 15.0. The molecule has 0 radical (unpaired) electrons. The van der Waals surface area contributed by atoms with E-state index < -0.39 is 17.5 Å². The van der Waals surface area contributed by atoms with Crippen LogP contribution in [0.4, 0.5) is 8.78 Å². The summed E-state index contributed by atoms with van der Waals surface area (Å²) in [6.07, 6.45) is 7.28. The van der Waals surface area contributed by atoms with Gasteiger partial charge in [-0.3, -0.25) is 9.59 Å². The number of hydrogen-bond donors (Lipinski definition) is 2. The highest BCUT2D eigenvalue weighted by atomic mass is 19.1. The van der Waals surface area contributed by atoms with E-state index >= 15 is 4.39 Å². The molecule has 214 valence electrons. The Balaban J connectivity index is 1.49. The Hall–Kier alpha value is -4.44. The molecule has 4 rings (SSSR count). The number of hydrogen-bond acceptors (Lipinski definition) is 5. The molecule has 2 N–H and O–H groups in total. The SMILES string of the molecule is CC(C)=C(/C=C\C=C(/C)c1nncn1C(C)CO)NC(=O)c1cc2c(cc1F)CCN(C(=O)c1ccc(F)cc1)C2. The zero-order valence-corrected chi connectivity index (χ0v) is 23.5. The summed E-state index contributed by atoms with van der Waals surface area (Å²) >= 11 is 0. The molecule has 0 fully saturated rings. The van der Waals surface area contributed by atoms with Gasteiger partial charge in [-0.25, -0.2) is 8.78 Å². The predicted octanol–water partition coefficient (Wildman–Crippen LogP) is 4.99. The van der Waals surface area contributed by atoms with E-state index in [-0.39, 0.29) is 30.7 Å². The Morgan fingerprint density at radius 1 is 1.12 bits per heavy atom. The molecule has 0 aliphatic carbocycles. The number of amides is 2. The second-order valence-corrected chi connectivity index (χ2v) is 10.3. The first-order valence-corrected chi connectivity index (χ1v) is 13.3. The van der Waals surface area contributed by atoms with Crippen molar-refractivity contribution in [1.82, 2.24) is 25.0 Å². The van der Waals surface area contributed by atoms with Crippen molar-refractivity contribution in [2.75, 3.05) is 13.2 Å². The molecule has 0 bridgehead atoms. The summed E-state index contributed by atoms with van der Waals surface area (Å²) in [5.74, 6) is -1.31. The quantitative estimate of drug-likeness (QED) is 0.378. The van der Waals surface area contributed by atoms with Crippen molar-refractivity contribution in [2.24, 2.45) is 0 Å². The van der Waals surface area contributed by atoms with Crippen molar-refractivity contribution in [3.8, 4) is 0 Å². The first kappa shape index (κ1) is 29.5. The molecule has 0 saturated heterocycles. The topological polar surface area (TPSA) is 100 Å². The van der Waals surface area contributed by atoms with Gasteiger partial charge in [0.15, 0.2) is 5.82 Å². The van der Waals surface area contributed by atoms with Gasteiger partial charge in [0, 0.05) is 24.4 Å². The summed E-state index contributed by atoms with van der Waals surface area (Å²) in [6.45, 7) is 7.93. The van der Waals surface area contributed by atoms with Crippen LogP contribution in [0.15, 0.2) is 72.2 Å². The molecule has 0 saturated carbocycles. The lowest BCUT2D eigenvalue weighted by Crippen LogP contribution is -2.36. The number of halogens is 2. The van der Waals surface area contributed by atoms with Crippen molar-refractivity contribution >= 4 is 17.4 Å². The van der Waals surface area contributed by atoms with E-state index in [0.29, 0.717) is 35.6 Å². The molecule has 2 amide bonds. The number of nitrogens with zero attached hydrogens (tertiary/aromatic N) is 4. The average Bonchev–Trinajstić information content (AvgIpc) is 3.45. The summed E-state index contributed by atoms with van der Waals surface area (Å²) < 4.78 is 30.1. The van der Waals surface area contributed by atoms with Crippen molar-refractivity contribution in [1.29, 1.82) is 0 Å². The van der Waals surface area contributed by atoms with Crippen LogP contribution in [0.3, 0.4) is 0 Å². The molecular weight excluding hydrogens is 528 g/mol. The van der Waals surface area contributed by atoms with Crippen LogP contribution in [0.5, 0.6) is 0 Å². The van der Waals surface area contributed by atoms with E-state index in [0.717, 1.165) is 16.7 Å². The number of rotatable bonds is 8. The third kappa shape index (κ3) is 6.83. The molecule has 1 aliphatic rings. The van der Waals surface area contributed by atoms with Gasteiger partial charge < -0.3 is 19.9 Å². The first-order valence-electron chi connectivity index (χ1n) is 13.3. The monoisotopic (exact) mass is 561 g/mol. The van der Waals surface area contributed by atoms with Gasteiger partial charge in [0.25, 0.3) is 11.8 Å². The van der Waals surface area contributed by atoms with Gasteiger partial charge in [-0.05, 0) is 93.3 Å². The van der Waals surface area contributed by atoms with E-state index in [1.165, 1.54) is 36.4 Å². The van der Waals surface area contributed by atoms with Crippen LogP contribution in [-0.2, 0) is 13.0 Å². The Kier molecular flexibility index (Phi) is 9.24. The van der Waals surface area contributed by atoms with Crippen molar-refractivity contribution < 1.29 is 23.5 Å². The summed E-state index contributed by atoms with van der Waals surface area (Å²) in [7, 11) is 0. The van der Waals surface area contributed by atoms with Crippen LogP contribution in [0, 0.1) is 11.6 Å². The Morgan fingerprint density at radius 2 is 1.85 bits per heavy atom. The van der Waals surface area contributed by atoms with E-state index in [1.54, 1.807) is 27.9 Å². The fraction of sp³-hybridized carbons (Fsp3) is 0.290. The molecule has 2 heterocycles. The maximum absolute atomic E-state index is 15.0. The standard InChI is InChI=1S/C31H33F2N5O3/c1-19(2)28(7-5-6-20(3)29-36-34-18-38(29)21(4)17-39)35-30(40)26-14-24-16-37(13-12-23(24)15-27(26)33)31(41)22-8-10-25(32)11-9-22/h5-11,14-15,18,21,39H,12-13,16-17H2,1-4H3,(H,35,40)/b7-5-,20-6+. The zero-order chi connectivity index (χ0) is 29.7. The molecule has 3 aromatic rings. The van der Waals surface area contributed by atoms with E-state index in [2.05, 4.69) is 15.5 Å². The smallest absolute Gasteiger partial charge is 0.258 e. The fourth-order valence-corrected chi connectivity index (χ4v) is 4.52. The largest absolute Gasteiger partial charge is 0.394 e. The lowest BCUT2D eigenvalue weighted by atomic mass is 9.96. The van der Waals surface area contributed by atoms with Gasteiger partial charge in [0.2, 0.25) is 0 Å². The highest BCUT2D eigenvalue weighted by molar-refractivity contribution is 5.97. The summed E-state index contributed by atoms with van der Waals surface area (Å²) in [5.41, 5.74) is 3.80. The number of nitrogens with one attached hydrogen (secondary N) is 1. The minimum atomic E-state index is -0.635. The maximum Gasteiger partial charge on any atom is 0.258 e. The van der Waals surface area contributed by atoms with E-state index in [4.69, 9.17) is 0 Å². The molecule has 2 aromatic carbocycles. The molecule has 1 aliphatic heterocycles. The third-order valence-electron chi connectivity index (χ3n) is 6.99. The van der Waals surface area contributed by atoms with Crippen LogP contribution in [0.2, 0.25) is 0 Å². The number of carbonyl (C=O) groups is 2. The number of allylic oxidation sites excluding steroid dienone is 5. The molecule has 41 heavy (non-hydrogen) atoms. The van der Waals surface area contributed by atoms with Gasteiger partial charge in [-0.2, -0.15) is 0 Å². The van der Waals surface area contributed by atoms with Crippen LogP contribution < -0.4 is 5.32 Å². The Labute approximate surface area is 237 Å². The molecule has 8 nitrogen and oxygen atoms in total. The van der Waals surface area contributed by atoms with Crippen LogP contribution in [0.25, 0.3) is 5.57 Å². The fourth-order valence-electron chi connectivity index (χ4n) is 4.52. The normalized spacial score (nSPS) is 14.1. The molecular formula is C31H33F2N5O3. The highest BCUT2D eigenvalue weighted by Gasteiger charge is 2.25.